The van der Waals surface area contributed by atoms with Gasteiger partial charge in [-0.15, -0.1) is 0 Å². The van der Waals surface area contributed by atoms with Crippen LogP contribution in [-0.2, 0) is 19.4 Å². The molecule has 1 aliphatic rings. The smallest absolute Gasteiger partial charge is 0.136 e. The summed E-state index contributed by atoms with van der Waals surface area (Å²) in [5, 5.41) is 3.52. The molecule has 0 fully saturated rings. The number of nitrogens with zero attached hydrogens (tertiary/aromatic N) is 2. The predicted molar refractivity (Wildman–Crippen MR) is 95.5 cm³/mol. The number of fused-ring (bicyclic) bond motifs is 2. The van der Waals surface area contributed by atoms with Crippen molar-refractivity contribution >= 4 is 5.65 Å². The molecule has 0 saturated carbocycles. The van der Waals surface area contributed by atoms with E-state index < -0.39 is 0 Å². The number of hydrogen-bond acceptors (Lipinski definition) is 3. The minimum atomic E-state index is -0.0719. The fraction of sp³-hybridized carbons (Fsp3) is 0.350. The van der Waals surface area contributed by atoms with Crippen LogP contribution in [0.4, 0.5) is 0 Å². The van der Waals surface area contributed by atoms with Gasteiger partial charge in [0.1, 0.15) is 17.0 Å². The van der Waals surface area contributed by atoms with Gasteiger partial charge in [0.25, 0.3) is 0 Å². The first-order valence-electron chi connectivity index (χ1n) is 8.53. The van der Waals surface area contributed by atoms with Gasteiger partial charge in [-0.1, -0.05) is 18.2 Å². The number of imidazole rings is 1. The van der Waals surface area contributed by atoms with Gasteiger partial charge in [0, 0.05) is 38.3 Å². The van der Waals surface area contributed by atoms with Crippen LogP contribution in [0.2, 0.25) is 0 Å². The molecule has 1 aliphatic heterocycles. The predicted octanol–water partition coefficient (Wildman–Crippen LogP) is 3.38. The third-order valence-electron chi connectivity index (χ3n) is 4.43. The molecule has 3 heterocycles. The first-order chi connectivity index (χ1) is 11.6. The van der Waals surface area contributed by atoms with Gasteiger partial charge in [0.05, 0.1) is 5.69 Å². The van der Waals surface area contributed by atoms with E-state index in [0.29, 0.717) is 0 Å². The van der Waals surface area contributed by atoms with Crippen LogP contribution in [0, 0.1) is 0 Å². The standard InChI is InChI=1S/C20H23N3O/c1-20(2)12-16-11-15(6-7-18(16)24-20)13-21-9-8-17-14-23-10-4-3-5-19(23)22-17/h3-7,10-11,14,21H,8-9,12-13H2,1-2H3. The molecule has 0 atom stereocenters. The first kappa shape index (κ1) is 15.2. The number of aromatic nitrogens is 2. The van der Waals surface area contributed by atoms with E-state index in [1.54, 1.807) is 0 Å². The van der Waals surface area contributed by atoms with E-state index in [9.17, 15) is 0 Å². The molecule has 4 nitrogen and oxygen atoms in total. The van der Waals surface area contributed by atoms with Gasteiger partial charge in [-0.05, 0) is 43.2 Å². The van der Waals surface area contributed by atoms with Crippen molar-refractivity contribution in [3.05, 3.63) is 65.6 Å². The van der Waals surface area contributed by atoms with E-state index in [0.717, 1.165) is 43.0 Å². The van der Waals surface area contributed by atoms with Crippen molar-refractivity contribution in [3.8, 4) is 5.75 Å². The lowest BCUT2D eigenvalue weighted by molar-refractivity contribution is 0.138. The molecule has 0 radical (unpaired) electrons. The maximum absolute atomic E-state index is 5.93. The van der Waals surface area contributed by atoms with E-state index >= 15 is 0 Å². The lowest BCUT2D eigenvalue weighted by atomic mass is 10.0. The zero-order chi connectivity index (χ0) is 16.6. The Morgan fingerprint density at radius 2 is 2.17 bits per heavy atom. The molecule has 0 unspecified atom stereocenters. The summed E-state index contributed by atoms with van der Waals surface area (Å²) in [4.78, 5) is 4.63. The van der Waals surface area contributed by atoms with Crippen LogP contribution in [0.15, 0.2) is 48.8 Å². The van der Waals surface area contributed by atoms with Gasteiger partial charge in [-0.3, -0.25) is 0 Å². The molecule has 0 bridgehead atoms. The summed E-state index contributed by atoms with van der Waals surface area (Å²) in [6.45, 7) is 6.07. The molecule has 0 aliphatic carbocycles. The summed E-state index contributed by atoms with van der Waals surface area (Å²) in [6, 6.07) is 12.6. The Kier molecular flexibility index (Phi) is 3.77. The van der Waals surface area contributed by atoms with E-state index in [1.165, 1.54) is 11.1 Å². The van der Waals surface area contributed by atoms with E-state index in [1.807, 2.05) is 24.4 Å². The average Bonchev–Trinajstić information content (AvgIpc) is 3.09. The number of ether oxygens (including phenoxy) is 1. The Bertz CT molecular complexity index is 833. The third-order valence-corrected chi connectivity index (χ3v) is 4.43. The van der Waals surface area contributed by atoms with Gasteiger partial charge in [-0.2, -0.15) is 0 Å². The number of nitrogens with one attached hydrogen (secondary N) is 1. The highest BCUT2D eigenvalue weighted by Gasteiger charge is 2.29. The molecular weight excluding hydrogens is 298 g/mol. The van der Waals surface area contributed by atoms with Crippen LogP contribution in [0.25, 0.3) is 5.65 Å². The molecule has 0 spiro atoms. The van der Waals surface area contributed by atoms with E-state index in [2.05, 4.69) is 52.9 Å². The second-order valence-electron chi connectivity index (χ2n) is 7.11. The molecule has 1 N–H and O–H groups in total. The van der Waals surface area contributed by atoms with Crippen LogP contribution in [0.3, 0.4) is 0 Å². The second kappa shape index (κ2) is 5.95. The molecule has 0 saturated heterocycles. The van der Waals surface area contributed by atoms with E-state index in [-0.39, 0.29) is 5.60 Å². The summed E-state index contributed by atoms with van der Waals surface area (Å²) < 4.78 is 8.00. The van der Waals surface area contributed by atoms with Crippen LogP contribution in [0.5, 0.6) is 5.75 Å². The number of rotatable bonds is 5. The molecule has 1 aromatic carbocycles. The van der Waals surface area contributed by atoms with Crippen LogP contribution in [0.1, 0.15) is 30.7 Å². The Hall–Kier alpha value is -2.33. The van der Waals surface area contributed by atoms with Crippen molar-refractivity contribution in [2.75, 3.05) is 6.54 Å². The Balaban J connectivity index is 1.32. The minimum Gasteiger partial charge on any atom is -0.487 e. The summed E-state index contributed by atoms with van der Waals surface area (Å²) in [7, 11) is 0. The van der Waals surface area contributed by atoms with E-state index in [4.69, 9.17) is 4.74 Å². The largest absolute Gasteiger partial charge is 0.487 e. The molecule has 0 amide bonds. The summed E-state index contributed by atoms with van der Waals surface area (Å²) in [6.07, 6.45) is 6.05. The van der Waals surface area contributed by atoms with Gasteiger partial charge in [-0.25, -0.2) is 4.98 Å². The maximum atomic E-state index is 5.93. The normalized spacial score (nSPS) is 15.4. The van der Waals surface area contributed by atoms with Crippen LogP contribution in [-0.4, -0.2) is 21.5 Å². The monoisotopic (exact) mass is 321 g/mol. The van der Waals surface area contributed by atoms with Crippen molar-refractivity contribution in [1.29, 1.82) is 0 Å². The second-order valence-corrected chi connectivity index (χ2v) is 7.11. The average molecular weight is 321 g/mol. The van der Waals surface area contributed by atoms with Crippen molar-refractivity contribution in [2.45, 2.75) is 38.8 Å². The Morgan fingerprint density at radius 3 is 3.04 bits per heavy atom. The maximum Gasteiger partial charge on any atom is 0.136 e. The van der Waals surface area contributed by atoms with Crippen LogP contribution >= 0.6 is 0 Å². The Morgan fingerprint density at radius 1 is 1.25 bits per heavy atom. The summed E-state index contributed by atoms with van der Waals surface area (Å²) >= 11 is 0. The minimum absolute atomic E-state index is 0.0719. The third kappa shape index (κ3) is 3.15. The lowest BCUT2D eigenvalue weighted by Crippen LogP contribution is -2.24. The molecule has 2 aromatic heterocycles. The van der Waals surface area contributed by atoms with Crippen LogP contribution < -0.4 is 10.1 Å². The lowest BCUT2D eigenvalue weighted by Gasteiger charge is -2.16. The fourth-order valence-electron chi connectivity index (χ4n) is 3.33. The zero-order valence-corrected chi connectivity index (χ0v) is 14.2. The van der Waals surface area contributed by atoms with Crippen molar-refractivity contribution < 1.29 is 4.74 Å². The van der Waals surface area contributed by atoms with Gasteiger partial charge < -0.3 is 14.5 Å². The van der Waals surface area contributed by atoms with Gasteiger partial charge in [0.15, 0.2) is 0 Å². The highest BCUT2D eigenvalue weighted by molar-refractivity contribution is 5.42. The first-order valence-corrected chi connectivity index (χ1v) is 8.53. The SMILES string of the molecule is CC1(C)Cc2cc(CNCCc3cn4ccccc4n3)ccc2O1. The fourth-order valence-corrected chi connectivity index (χ4v) is 3.33. The van der Waals surface area contributed by atoms with Crippen molar-refractivity contribution in [3.63, 3.8) is 0 Å². The summed E-state index contributed by atoms with van der Waals surface area (Å²) in [5.41, 5.74) is 4.69. The molecule has 4 rings (SSSR count). The van der Waals surface area contributed by atoms with Gasteiger partial charge >= 0.3 is 0 Å². The summed E-state index contributed by atoms with van der Waals surface area (Å²) in [5.74, 6) is 1.04. The van der Waals surface area contributed by atoms with Gasteiger partial charge in [0.2, 0.25) is 0 Å². The molecule has 24 heavy (non-hydrogen) atoms. The van der Waals surface area contributed by atoms with Crippen molar-refractivity contribution in [2.24, 2.45) is 0 Å². The molecule has 124 valence electrons. The van der Waals surface area contributed by atoms with Crippen molar-refractivity contribution in [1.82, 2.24) is 14.7 Å². The highest BCUT2D eigenvalue weighted by atomic mass is 16.5. The zero-order valence-electron chi connectivity index (χ0n) is 14.2. The number of benzene rings is 1. The highest BCUT2D eigenvalue weighted by Crippen LogP contribution is 2.35. The number of pyridine rings is 1. The molecule has 4 heteroatoms. The molecule has 3 aromatic rings. The topological polar surface area (TPSA) is 38.6 Å². The Labute approximate surface area is 142 Å². The number of hydrogen-bond donors (Lipinski definition) is 1. The quantitative estimate of drug-likeness (QED) is 0.732. The molecular formula is C20H23N3O.